The van der Waals surface area contributed by atoms with Gasteiger partial charge in [-0.25, -0.2) is 9.78 Å². The number of carboxylic acids is 1. The second-order valence-corrected chi connectivity index (χ2v) is 3.82. The van der Waals surface area contributed by atoms with Crippen LogP contribution in [0.4, 0.5) is 0 Å². The summed E-state index contributed by atoms with van der Waals surface area (Å²) in [5.74, 6) is -1.08. The first-order valence-corrected chi connectivity index (χ1v) is 5.40. The number of aromatic amines is 1. The number of aromatic nitrogens is 2. The zero-order valence-corrected chi connectivity index (χ0v) is 9.71. The smallest absolute Gasteiger partial charge is 0.332 e. The molecule has 0 aliphatic heterocycles. The predicted octanol–water partition coefficient (Wildman–Crippen LogP) is 0.913. The van der Waals surface area contributed by atoms with Crippen LogP contribution in [0.2, 0.25) is 0 Å². The SMILES string of the molecule is C[C@@H](OCc1nc2ccccc2[nH]c1=O)C(=O)O. The second kappa shape index (κ2) is 4.97. The molecule has 0 amide bonds. The number of ether oxygens (including phenoxy) is 1. The van der Waals surface area contributed by atoms with Crippen molar-refractivity contribution in [1.29, 1.82) is 0 Å². The molecular formula is C12H12N2O4. The van der Waals surface area contributed by atoms with Gasteiger partial charge in [-0.15, -0.1) is 0 Å². The van der Waals surface area contributed by atoms with Gasteiger partial charge in [0.1, 0.15) is 5.69 Å². The molecule has 0 aliphatic carbocycles. The summed E-state index contributed by atoms with van der Waals surface area (Å²) in [6.07, 6.45) is -0.974. The van der Waals surface area contributed by atoms with Crippen molar-refractivity contribution >= 4 is 17.0 Å². The third-order valence-corrected chi connectivity index (χ3v) is 2.49. The molecule has 0 saturated carbocycles. The lowest BCUT2D eigenvalue weighted by Gasteiger charge is -2.07. The minimum Gasteiger partial charge on any atom is -0.479 e. The van der Waals surface area contributed by atoms with E-state index < -0.39 is 12.1 Å². The topological polar surface area (TPSA) is 92.3 Å². The van der Waals surface area contributed by atoms with Gasteiger partial charge in [0.15, 0.2) is 6.10 Å². The molecule has 0 bridgehead atoms. The summed E-state index contributed by atoms with van der Waals surface area (Å²) < 4.78 is 5.04. The minimum atomic E-state index is -1.08. The summed E-state index contributed by atoms with van der Waals surface area (Å²) in [5, 5.41) is 8.67. The fourth-order valence-electron chi connectivity index (χ4n) is 1.44. The maximum absolute atomic E-state index is 11.7. The van der Waals surface area contributed by atoms with E-state index in [-0.39, 0.29) is 17.9 Å². The molecule has 6 heteroatoms. The van der Waals surface area contributed by atoms with E-state index in [0.717, 1.165) is 0 Å². The van der Waals surface area contributed by atoms with Crippen LogP contribution in [0.3, 0.4) is 0 Å². The molecule has 0 spiro atoms. The molecule has 0 fully saturated rings. The van der Waals surface area contributed by atoms with Crippen LogP contribution in [0.15, 0.2) is 29.1 Å². The summed E-state index contributed by atoms with van der Waals surface area (Å²) in [6, 6.07) is 7.10. The Morgan fingerprint density at radius 3 is 2.94 bits per heavy atom. The van der Waals surface area contributed by atoms with E-state index in [0.29, 0.717) is 11.0 Å². The van der Waals surface area contributed by atoms with E-state index in [1.165, 1.54) is 6.92 Å². The highest BCUT2D eigenvalue weighted by Gasteiger charge is 2.13. The van der Waals surface area contributed by atoms with Crippen LogP contribution in [0.5, 0.6) is 0 Å². The molecule has 2 aromatic rings. The molecule has 94 valence electrons. The Morgan fingerprint density at radius 2 is 2.22 bits per heavy atom. The Hall–Kier alpha value is -2.21. The number of rotatable bonds is 4. The first-order valence-electron chi connectivity index (χ1n) is 5.40. The van der Waals surface area contributed by atoms with Crippen LogP contribution >= 0.6 is 0 Å². The maximum Gasteiger partial charge on any atom is 0.332 e. The van der Waals surface area contributed by atoms with Gasteiger partial charge in [0, 0.05) is 0 Å². The fraction of sp³-hybridized carbons (Fsp3) is 0.250. The highest BCUT2D eigenvalue weighted by Crippen LogP contribution is 2.06. The first-order chi connectivity index (χ1) is 8.58. The lowest BCUT2D eigenvalue weighted by molar-refractivity contribution is -0.149. The van der Waals surface area contributed by atoms with Crippen LogP contribution in [0, 0.1) is 0 Å². The Labute approximate surface area is 102 Å². The fourth-order valence-corrected chi connectivity index (χ4v) is 1.44. The number of nitrogens with one attached hydrogen (secondary N) is 1. The zero-order valence-electron chi connectivity index (χ0n) is 9.71. The zero-order chi connectivity index (χ0) is 13.1. The summed E-state index contributed by atoms with van der Waals surface area (Å²) >= 11 is 0. The average Bonchev–Trinajstić information content (AvgIpc) is 2.35. The van der Waals surface area contributed by atoms with Crippen molar-refractivity contribution in [3.63, 3.8) is 0 Å². The highest BCUT2D eigenvalue weighted by molar-refractivity contribution is 5.73. The van der Waals surface area contributed by atoms with E-state index in [1.807, 2.05) is 0 Å². The third kappa shape index (κ3) is 2.54. The van der Waals surface area contributed by atoms with Crippen molar-refractivity contribution in [3.05, 3.63) is 40.3 Å². The number of fused-ring (bicyclic) bond motifs is 1. The molecule has 0 unspecified atom stereocenters. The largest absolute Gasteiger partial charge is 0.479 e. The molecule has 1 aromatic carbocycles. The van der Waals surface area contributed by atoms with Gasteiger partial charge in [-0.1, -0.05) is 12.1 Å². The number of benzene rings is 1. The molecule has 0 radical (unpaired) electrons. The minimum absolute atomic E-state index is 0.131. The number of H-pyrrole nitrogens is 1. The summed E-state index contributed by atoms with van der Waals surface area (Å²) in [4.78, 5) is 29.1. The van der Waals surface area contributed by atoms with Crippen molar-refractivity contribution < 1.29 is 14.6 Å². The predicted molar refractivity (Wildman–Crippen MR) is 64.3 cm³/mol. The lowest BCUT2D eigenvalue weighted by atomic mass is 10.3. The first kappa shape index (κ1) is 12.3. The number of nitrogens with zero attached hydrogens (tertiary/aromatic N) is 1. The van der Waals surface area contributed by atoms with Crippen LogP contribution in [-0.4, -0.2) is 27.1 Å². The van der Waals surface area contributed by atoms with Gasteiger partial charge in [0.25, 0.3) is 5.56 Å². The molecule has 6 nitrogen and oxygen atoms in total. The average molecular weight is 248 g/mol. The van der Waals surface area contributed by atoms with Crippen molar-refractivity contribution in [2.24, 2.45) is 0 Å². The molecular weight excluding hydrogens is 236 g/mol. The van der Waals surface area contributed by atoms with Gasteiger partial charge in [0.05, 0.1) is 17.6 Å². The van der Waals surface area contributed by atoms with Crippen LogP contribution in [0.1, 0.15) is 12.6 Å². The quantitative estimate of drug-likeness (QED) is 0.839. The van der Waals surface area contributed by atoms with Crippen molar-refractivity contribution in [3.8, 4) is 0 Å². The third-order valence-electron chi connectivity index (χ3n) is 2.49. The van der Waals surface area contributed by atoms with E-state index in [1.54, 1.807) is 24.3 Å². The number of hydrogen-bond donors (Lipinski definition) is 2. The van der Waals surface area contributed by atoms with Gasteiger partial charge < -0.3 is 14.8 Å². The molecule has 2 N–H and O–H groups in total. The van der Waals surface area contributed by atoms with Crippen molar-refractivity contribution in [2.75, 3.05) is 0 Å². The number of hydrogen-bond acceptors (Lipinski definition) is 4. The van der Waals surface area contributed by atoms with E-state index in [9.17, 15) is 9.59 Å². The van der Waals surface area contributed by atoms with E-state index >= 15 is 0 Å². The van der Waals surface area contributed by atoms with Crippen molar-refractivity contribution in [2.45, 2.75) is 19.6 Å². The second-order valence-electron chi connectivity index (χ2n) is 3.82. The lowest BCUT2D eigenvalue weighted by Crippen LogP contribution is -2.23. The number of carboxylic acid groups (broad SMARTS) is 1. The molecule has 0 aliphatic rings. The van der Waals surface area contributed by atoms with Crippen LogP contribution in [-0.2, 0) is 16.1 Å². The summed E-state index contributed by atoms with van der Waals surface area (Å²) in [5.41, 5.74) is 1.07. The maximum atomic E-state index is 11.7. The standard InChI is InChI=1S/C12H12N2O4/c1-7(12(16)17)18-6-10-11(15)14-9-5-3-2-4-8(9)13-10/h2-5,7H,6H2,1H3,(H,14,15)(H,16,17)/t7-/m1/s1. The molecule has 1 aromatic heterocycles. The van der Waals surface area contributed by atoms with Gasteiger partial charge in [-0.2, -0.15) is 0 Å². The molecule has 2 rings (SSSR count). The van der Waals surface area contributed by atoms with E-state index in [4.69, 9.17) is 9.84 Å². The molecule has 1 atom stereocenters. The van der Waals surface area contributed by atoms with E-state index in [2.05, 4.69) is 9.97 Å². The van der Waals surface area contributed by atoms with Crippen LogP contribution in [0.25, 0.3) is 11.0 Å². The molecule has 1 heterocycles. The monoisotopic (exact) mass is 248 g/mol. The van der Waals surface area contributed by atoms with Gasteiger partial charge >= 0.3 is 5.97 Å². The van der Waals surface area contributed by atoms with Crippen molar-refractivity contribution in [1.82, 2.24) is 9.97 Å². The van der Waals surface area contributed by atoms with Gasteiger partial charge in [-0.05, 0) is 19.1 Å². The Balaban J connectivity index is 2.26. The normalized spacial score (nSPS) is 12.5. The number of carbonyl (C=O) groups is 1. The van der Waals surface area contributed by atoms with Gasteiger partial charge in [0.2, 0.25) is 0 Å². The van der Waals surface area contributed by atoms with Gasteiger partial charge in [-0.3, -0.25) is 4.79 Å². The Kier molecular flexibility index (Phi) is 3.38. The number of aliphatic carboxylic acids is 1. The molecule has 0 saturated heterocycles. The summed E-state index contributed by atoms with van der Waals surface area (Å²) in [6.45, 7) is 1.27. The summed E-state index contributed by atoms with van der Waals surface area (Å²) in [7, 11) is 0. The number of para-hydroxylation sites is 2. The molecule has 18 heavy (non-hydrogen) atoms. The highest BCUT2D eigenvalue weighted by atomic mass is 16.5. The Bertz CT molecular complexity index is 635. The Morgan fingerprint density at radius 1 is 1.50 bits per heavy atom. The van der Waals surface area contributed by atoms with Crippen LogP contribution < -0.4 is 5.56 Å².